The Morgan fingerprint density at radius 1 is 1.30 bits per heavy atom. The molecule has 0 aliphatic rings. The number of aliphatic hydroxyl groups excluding tert-OH is 2. The molecule has 0 rings (SSSR count). The SMILES string of the molecule is CCCC(O)/C=C/C(C)O. The lowest BCUT2D eigenvalue weighted by Crippen LogP contribution is -2.02. The highest BCUT2D eigenvalue weighted by molar-refractivity contribution is 4.91. The lowest BCUT2D eigenvalue weighted by molar-refractivity contribution is 0.205. The molecule has 0 amide bonds. The minimum atomic E-state index is -0.452. The van der Waals surface area contributed by atoms with Gasteiger partial charge in [-0.2, -0.15) is 0 Å². The molecule has 0 heterocycles. The maximum absolute atomic E-state index is 9.10. The maximum atomic E-state index is 9.10. The molecular formula is C8H16O2. The number of rotatable bonds is 4. The molecular weight excluding hydrogens is 128 g/mol. The predicted molar refractivity (Wildman–Crippen MR) is 41.7 cm³/mol. The Labute approximate surface area is 62.2 Å². The van der Waals surface area contributed by atoms with Crippen LogP contribution in [0.15, 0.2) is 12.2 Å². The Bertz CT molecular complexity index is 97.4. The molecule has 0 bridgehead atoms. The van der Waals surface area contributed by atoms with Gasteiger partial charge in [0.15, 0.2) is 0 Å². The largest absolute Gasteiger partial charge is 0.389 e. The second-order valence-corrected chi connectivity index (χ2v) is 2.48. The summed E-state index contributed by atoms with van der Waals surface area (Å²) >= 11 is 0. The average molecular weight is 144 g/mol. The van der Waals surface area contributed by atoms with Crippen LogP contribution in [0.3, 0.4) is 0 Å². The molecule has 2 unspecified atom stereocenters. The van der Waals surface area contributed by atoms with E-state index in [-0.39, 0.29) is 6.10 Å². The van der Waals surface area contributed by atoms with Crippen LogP contribution >= 0.6 is 0 Å². The Balaban J connectivity index is 3.45. The molecule has 0 aromatic carbocycles. The lowest BCUT2D eigenvalue weighted by Gasteiger charge is -2.02. The van der Waals surface area contributed by atoms with Crippen LogP contribution in [0.2, 0.25) is 0 Å². The smallest absolute Gasteiger partial charge is 0.0721 e. The molecule has 0 radical (unpaired) electrons. The third kappa shape index (κ3) is 5.79. The van der Waals surface area contributed by atoms with Crippen LogP contribution in [0.5, 0.6) is 0 Å². The molecule has 2 heteroatoms. The molecule has 0 aliphatic heterocycles. The van der Waals surface area contributed by atoms with Crippen molar-refractivity contribution in [1.82, 2.24) is 0 Å². The van der Waals surface area contributed by atoms with E-state index in [0.29, 0.717) is 0 Å². The van der Waals surface area contributed by atoms with E-state index in [1.54, 1.807) is 19.1 Å². The van der Waals surface area contributed by atoms with Gasteiger partial charge >= 0.3 is 0 Å². The highest BCUT2D eigenvalue weighted by atomic mass is 16.3. The van der Waals surface area contributed by atoms with Crippen molar-refractivity contribution >= 4 is 0 Å². The molecule has 0 aromatic heterocycles. The summed E-state index contributed by atoms with van der Waals surface area (Å²) in [6.07, 6.45) is 4.12. The van der Waals surface area contributed by atoms with Gasteiger partial charge in [0, 0.05) is 0 Å². The molecule has 2 atom stereocenters. The third-order valence-electron chi connectivity index (χ3n) is 1.20. The second-order valence-electron chi connectivity index (χ2n) is 2.48. The van der Waals surface area contributed by atoms with E-state index in [1.165, 1.54) is 0 Å². The van der Waals surface area contributed by atoms with Crippen molar-refractivity contribution in [2.75, 3.05) is 0 Å². The van der Waals surface area contributed by atoms with Crippen LogP contribution in [0.25, 0.3) is 0 Å². The van der Waals surface area contributed by atoms with Gasteiger partial charge in [-0.1, -0.05) is 25.5 Å². The normalized spacial score (nSPS) is 17.6. The minimum Gasteiger partial charge on any atom is -0.389 e. The first-order valence-corrected chi connectivity index (χ1v) is 3.71. The van der Waals surface area contributed by atoms with Crippen molar-refractivity contribution in [2.24, 2.45) is 0 Å². The van der Waals surface area contributed by atoms with Gasteiger partial charge in [-0.15, -0.1) is 0 Å². The molecule has 0 saturated carbocycles. The Morgan fingerprint density at radius 2 is 1.90 bits per heavy atom. The van der Waals surface area contributed by atoms with Gasteiger partial charge in [0.2, 0.25) is 0 Å². The Kier molecular flexibility index (Phi) is 5.26. The lowest BCUT2D eigenvalue weighted by atomic mass is 10.2. The monoisotopic (exact) mass is 144 g/mol. The molecule has 2 N–H and O–H groups in total. The van der Waals surface area contributed by atoms with Crippen LogP contribution in [0.4, 0.5) is 0 Å². The summed E-state index contributed by atoms with van der Waals surface area (Å²) in [6, 6.07) is 0. The van der Waals surface area contributed by atoms with Gasteiger partial charge in [0.05, 0.1) is 12.2 Å². The number of hydrogen-bond donors (Lipinski definition) is 2. The van der Waals surface area contributed by atoms with Crippen molar-refractivity contribution in [3.05, 3.63) is 12.2 Å². The molecule has 2 nitrogen and oxygen atoms in total. The van der Waals surface area contributed by atoms with Crippen molar-refractivity contribution in [2.45, 2.75) is 38.9 Å². The van der Waals surface area contributed by atoms with Crippen molar-refractivity contribution in [1.29, 1.82) is 0 Å². The van der Waals surface area contributed by atoms with Crippen molar-refractivity contribution in [3.8, 4) is 0 Å². The van der Waals surface area contributed by atoms with E-state index in [2.05, 4.69) is 0 Å². The fourth-order valence-electron chi connectivity index (χ4n) is 0.681. The Morgan fingerprint density at radius 3 is 2.30 bits per heavy atom. The molecule has 0 aromatic rings. The molecule has 60 valence electrons. The van der Waals surface area contributed by atoms with Crippen molar-refractivity contribution in [3.63, 3.8) is 0 Å². The topological polar surface area (TPSA) is 40.5 Å². The highest BCUT2D eigenvalue weighted by Gasteiger charge is 1.95. The zero-order valence-electron chi connectivity index (χ0n) is 6.62. The standard InChI is InChI=1S/C8H16O2/c1-3-4-8(10)6-5-7(2)9/h5-10H,3-4H2,1-2H3/b6-5+. The van der Waals surface area contributed by atoms with Gasteiger partial charge < -0.3 is 10.2 Å². The first-order valence-electron chi connectivity index (χ1n) is 3.71. The van der Waals surface area contributed by atoms with Crippen LogP contribution < -0.4 is 0 Å². The summed E-state index contributed by atoms with van der Waals surface area (Å²) in [4.78, 5) is 0. The summed E-state index contributed by atoms with van der Waals surface area (Å²) in [5.41, 5.74) is 0. The van der Waals surface area contributed by atoms with Gasteiger partial charge in [-0.3, -0.25) is 0 Å². The summed E-state index contributed by atoms with van der Waals surface area (Å²) in [6.45, 7) is 3.68. The summed E-state index contributed by atoms with van der Waals surface area (Å²) in [5.74, 6) is 0. The van der Waals surface area contributed by atoms with Gasteiger partial charge in [-0.05, 0) is 13.3 Å². The van der Waals surface area contributed by atoms with Gasteiger partial charge in [0.1, 0.15) is 0 Å². The van der Waals surface area contributed by atoms with Crippen LogP contribution in [-0.2, 0) is 0 Å². The van der Waals surface area contributed by atoms with E-state index in [1.807, 2.05) is 6.92 Å². The van der Waals surface area contributed by atoms with E-state index in [4.69, 9.17) is 10.2 Å². The fourth-order valence-corrected chi connectivity index (χ4v) is 0.681. The zero-order valence-corrected chi connectivity index (χ0v) is 6.62. The molecule has 10 heavy (non-hydrogen) atoms. The predicted octanol–water partition coefficient (Wildman–Crippen LogP) is 1.08. The first-order chi connectivity index (χ1) is 4.66. The van der Waals surface area contributed by atoms with E-state index < -0.39 is 6.10 Å². The highest BCUT2D eigenvalue weighted by Crippen LogP contribution is 1.97. The average Bonchev–Trinajstić information content (AvgIpc) is 1.85. The molecule has 0 spiro atoms. The van der Waals surface area contributed by atoms with Crippen LogP contribution in [-0.4, -0.2) is 22.4 Å². The van der Waals surface area contributed by atoms with Gasteiger partial charge in [-0.25, -0.2) is 0 Å². The maximum Gasteiger partial charge on any atom is 0.0721 e. The van der Waals surface area contributed by atoms with Crippen LogP contribution in [0.1, 0.15) is 26.7 Å². The second kappa shape index (κ2) is 5.45. The van der Waals surface area contributed by atoms with Crippen LogP contribution in [0, 0.1) is 0 Å². The summed E-state index contributed by atoms with van der Waals surface area (Å²) in [7, 11) is 0. The summed E-state index contributed by atoms with van der Waals surface area (Å²) < 4.78 is 0. The van der Waals surface area contributed by atoms with Crippen molar-refractivity contribution < 1.29 is 10.2 Å². The quantitative estimate of drug-likeness (QED) is 0.580. The fraction of sp³-hybridized carbons (Fsp3) is 0.750. The summed E-state index contributed by atoms with van der Waals surface area (Å²) in [5, 5.41) is 17.9. The Hall–Kier alpha value is -0.340. The zero-order chi connectivity index (χ0) is 7.98. The number of aliphatic hydroxyl groups is 2. The van der Waals surface area contributed by atoms with E-state index >= 15 is 0 Å². The molecule has 0 aliphatic carbocycles. The molecule has 0 fully saturated rings. The van der Waals surface area contributed by atoms with E-state index in [0.717, 1.165) is 12.8 Å². The first kappa shape index (κ1) is 9.66. The third-order valence-corrected chi connectivity index (χ3v) is 1.20. The van der Waals surface area contributed by atoms with E-state index in [9.17, 15) is 0 Å². The molecule has 0 saturated heterocycles. The minimum absolute atomic E-state index is 0.389. The number of hydrogen-bond acceptors (Lipinski definition) is 2. The van der Waals surface area contributed by atoms with Gasteiger partial charge in [0.25, 0.3) is 0 Å².